The highest BCUT2D eigenvalue weighted by molar-refractivity contribution is 5.92. The number of rotatable bonds is 4. The van der Waals surface area contributed by atoms with E-state index in [1.165, 1.54) is 18.5 Å². The highest BCUT2D eigenvalue weighted by Gasteiger charge is 2.24. The van der Waals surface area contributed by atoms with E-state index in [-0.39, 0.29) is 5.91 Å². The molecule has 0 bridgehead atoms. The lowest BCUT2D eigenvalue weighted by Crippen LogP contribution is -2.49. The van der Waals surface area contributed by atoms with Crippen LogP contribution in [0.15, 0.2) is 42.6 Å². The minimum Gasteiger partial charge on any atom is -0.368 e. The van der Waals surface area contributed by atoms with Crippen molar-refractivity contribution in [1.82, 2.24) is 14.9 Å². The first-order valence-electron chi connectivity index (χ1n) is 9.48. The van der Waals surface area contributed by atoms with Gasteiger partial charge in [0.25, 0.3) is 5.91 Å². The molecule has 1 saturated carbocycles. The molecule has 0 radical (unpaired) electrons. The fraction of sp³-hybridized carbons (Fsp3) is 0.450. The minimum absolute atomic E-state index is 0.00502. The molecule has 2 aromatic rings. The normalized spacial score (nSPS) is 18.2. The number of nitrogens with one attached hydrogen (secondary N) is 1. The predicted octanol–water partition coefficient (Wildman–Crippen LogP) is 2.79. The Labute approximate surface area is 154 Å². The number of para-hydroxylation sites is 1. The van der Waals surface area contributed by atoms with E-state index in [2.05, 4.69) is 32.3 Å². The zero-order chi connectivity index (χ0) is 17.8. The van der Waals surface area contributed by atoms with Crippen molar-refractivity contribution in [3.63, 3.8) is 0 Å². The summed E-state index contributed by atoms with van der Waals surface area (Å²) in [5.41, 5.74) is 1.69. The second-order valence-electron chi connectivity index (χ2n) is 7.01. The van der Waals surface area contributed by atoms with Gasteiger partial charge in [0.2, 0.25) is 5.95 Å². The van der Waals surface area contributed by atoms with Gasteiger partial charge in [-0.3, -0.25) is 4.79 Å². The zero-order valence-corrected chi connectivity index (χ0v) is 15.0. The highest BCUT2D eigenvalue weighted by Crippen LogP contribution is 2.21. The Morgan fingerprint density at radius 3 is 2.46 bits per heavy atom. The maximum absolute atomic E-state index is 12.8. The Morgan fingerprint density at radius 1 is 1.00 bits per heavy atom. The molecular weight excluding hydrogens is 326 g/mol. The fourth-order valence-corrected chi connectivity index (χ4v) is 3.77. The summed E-state index contributed by atoms with van der Waals surface area (Å²) in [6, 6.07) is 12.5. The Kier molecular flexibility index (Phi) is 5.00. The summed E-state index contributed by atoms with van der Waals surface area (Å²) in [7, 11) is 0. The average Bonchev–Trinajstić information content (AvgIpc) is 3.21. The average molecular weight is 351 g/mol. The van der Waals surface area contributed by atoms with Crippen molar-refractivity contribution in [2.24, 2.45) is 0 Å². The smallest absolute Gasteiger partial charge is 0.272 e. The molecule has 1 saturated heterocycles. The van der Waals surface area contributed by atoms with Crippen LogP contribution in [0.1, 0.15) is 36.2 Å². The molecule has 6 nitrogen and oxygen atoms in total. The Morgan fingerprint density at radius 2 is 1.73 bits per heavy atom. The summed E-state index contributed by atoms with van der Waals surface area (Å²) in [6.45, 7) is 3.11. The number of aromatic nitrogens is 2. The molecule has 1 aliphatic carbocycles. The van der Waals surface area contributed by atoms with Gasteiger partial charge in [-0.1, -0.05) is 31.0 Å². The number of amides is 1. The second-order valence-corrected chi connectivity index (χ2v) is 7.01. The lowest BCUT2D eigenvalue weighted by atomic mass is 10.2. The summed E-state index contributed by atoms with van der Waals surface area (Å²) in [5.74, 6) is 0.570. The molecule has 0 atom stereocenters. The van der Waals surface area contributed by atoms with Crippen molar-refractivity contribution in [2.75, 3.05) is 36.4 Å². The molecule has 2 aliphatic rings. The third-order valence-electron chi connectivity index (χ3n) is 5.25. The van der Waals surface area contributed by atoms with E-state index < -0.39 is 0 Å². The lowest BCUT2D eigenvalue weighted by molar-refractivity contribution is 0.0741. The number of anilines is 2. The molecule has 1 aromatic carbocycles. The van der Waals surface area contributed by atoms with E-state index in [9.17, 15) is 4.79 Å². The maximum Gasteiger partial charge on any atom is 0.272 e. The second kappa shape index (κ2) is 7.72. The molecule has 4 rings (SSSR count). The molecule has 26 heavy (non-hydrogen) atoms. The van der Waals surface area contributed by atoms with Gasteiger partial charge in [-0.05, 0) is 31.0 Å². The van der Waals surface area contributed by atoms with E-state index in [1.54, 1.807) is 12.3 Å². The first kappa shape index (κ1) is 16.8. The minimum atomic E-state index is -0.00502. The summed E-state index contributed by atoms with van der Waals surface area (Å²) >= 11 is 0. The number of nitrogens with zero attached hydrogens (tertiary/aromatic N) is 4. The largest absolute Gasteiger partial charge is 0.368 e. The predicted molar refractivity (Wildman–Crippen MR) is 102 cm³/mol. The van der Waals surface area contributed by atoms with Crippen molar-refractivity contribution >= 4 is 17.5 Å². The molecule has 1 aliphatic heterocycles. The number of carbonyl (C=O) groups excluding carboxylic acids is 1. The van der Waals surface area contributed by atoms with Gasteiger partial charge in [-0.2, -0.15) is 0 Å². The van der Waals surface area contributed by atoms with Gasteiger partial charge in [0, 0.05) is 44.1 Å². The molecule has 1 N–H and O–H groups in total. The van der Waals surface area contributed by atoms with Crippen LogP contribution in [0.3, 0.4) is 0 Å². The SMILES string of the molecule is O=C(c1ccnc(NC2CCCC2)n1)N1CCN(c2ccccc2)CC1. The molecule has 0 unspecified atom stereocenters. The molecule has 0 spiro atoms. The quantitative estimate of drug-likeness (QED) is 0.918. The Bertz CT molecular complexity index is 737. The Hall–Kier alpha value is -2.63. The molecule has 1 aromatic heterocycles. The van der Waals surface area contributed by atoms with Gasteiger partial charge in [-0.25, -0.2) is 9.97 Å². The van der Waals surface area contributed by atoms with Crippen LogP contribution in [-0.4, -0.2) is 53.0 Å². The molecule has 2 heterocycles. The molecule has 2 fully saturated rings. The third-order valence-corrected chi connectivity index (χ3v) is 5.25. The van der Waals surface area contributed by atoms with Crippen molar-refractivity contribution in [1.29, 1.82) is 0 Å². The van der Waals surface area contributed by atoms with E-state index in [0.29, 0.717) is 30.8 Å². The van der Waals surface area contributed by atoms with E-state index in [4.69, 9.17) is 0 Å². The van der Waals surface area contributed by atoms with Gasteiger partial charge >= 0.3 is 0 Å². The van der Waals surface area contributed by atoms with Gasteiger partial charge < -0.3 is 15.1 Å². The van der Waals surface area contributed by atoms with E-state index >= 15 is 0 Å². The van der Waals surface area contributed by atoms with Crippen LogP contribution in [0.4, 0.5) is 11.6 Å². The highest BCUT2D eigenvalue weighted by atomic mass is 16.2. The van der Waals surface area contributed by atoms with Gasteiger partial charge in [0.15, 0.2) is 0 Å². The number of hydrogen-bond donors (Lipinski definition) is 1. The van der Waals surface area contributed by atoms with E-state index in [1.807, 2.05) is 23.1 Å². The third kappa shape index (κ3) is 3.79. The van der Waals surface area contributed by atoms with Crippen LogP contribution >= 0.6 is 0 Å². The van der Waals surface area contributed by atoms with Crippen molar-refractivity contribution in [3.8, 4) is 0 Å². The van der Waals surface area contributed by atoms with Crippen LogP contribution in [0.2, 0.25) is 0 Å². The van der Waals surface area contributed by atoms with E-state index in [0.717, 1.165) is 25.9 Å². The molecule has 136 valence electrons. The molecular formula is C20H25N5O. The maximum atomic E-state index is 12.8. The lowest BCUT2D eigenvalue weighted by Gasteiger charge is -2.36. The van der Waals surface area contributed by atoms with Crippen molar-refractivity contribution in [2.45, 2.75) is 31.7 Å². The van der Waals surface area contributed by atoms with Crippen LogP contribution in [0, 0.1) is 0 Å². The number of benzene rings is 1. The summed E-state index contributed by atoms with van der Waals surface area (Å²) in [4.78, 5) is 25.8. The standard InChI is InChI=1S/C20H25N5O/c26-19(18-10-11-21-20(23-18)22-16-6-4-5-7-16)25-14-12-24(13-15-25)17-8-2-1-3-9-17/h1-3,8-11,16H,4-7,12-15H2,(H,21,22,23). The monoisotopic (exact) mass is 351 g/mol. The topological polar surface area (TPSA) is 61.4 Å². The number of carbonyl (C=O) groups is 1. The van der Waals surface area contributed by atoms with Crippen LogP contribution in [0.5, 0.6) is 0 Å². The van der Waals surface area contributed by atoms with Gasteiger partial charge in [0.1, 0.15) is 5.69 Å². The first-order valence-corrected chi connectivity index (χ1v) is 9.48. The summed E-state index contributed by atoms with van der Waals surface area (Å²) in [6.07, 6.45) is 6.49. The van der Waals surface area contributed by atoms with Crippen molar-refractivity contribution in [3.05, 3.63) is 48.3 Å². The zero-order valence-electron chi connectivity index (χ0n) is 15.0. The van der Waals surface area contributed by atoms with Crippen LogP contribution < -0.4 is 10.2 Å². The first-order chi connectivity index (χ1) is 12.8. The Balaban J connectivity index is 1.37. The van der Waals surface area contributed by atoms with Gasteiger partial charge in [-0.15, -0.1) is 0 Å². The van der Waals surface area contributed by atoms with Crippen molar-refractivity contribution < 1.29 is 4.79 Å². The summed E-state index contributed by atoms with van der Waals surface area (Å²) in [5, 5.41) is 3.37. The number of hydrogen-bond acceptors (Lipinski definition) is 5. The summed E-state index contributed by atoms with van der Waals surface area (Å²) < 4.78 is 0. The van der Waals surface area contributed by atoms with Crippen LogP contribution in [0.25, 0.3) is 0 Å². The fourth-order valence-electron chi connectivity index (χ4n) is 3.77. The van der Waals surface area contributed by atoms with Crippen LogP contribution in [-0.2, 0) is 0 Å². The molecule has 1 amide bonds. The molecule has 6 heteroatoms. The number of piperazine rings is 1. The van der Waals surface area contributed by atoms with Gasteiger partial charge in [0.05, 0.1) is 0 Å².